The Bertz CT molecular complexity index is 1370. The number of para-hydroxylation sites is 2. The van der Waals surface area contributed by atoms with Crippen molar-refractivity contribution in [2.75, 3.05) is 16.0 Å². The molecule has 1 amide bonds. The highest BCUT2D eigenvalue weighted by Crippen LogP contribution is 2.50. The Labute approximate surface area is 204 Å². The van der Waals surface area contributed by atoms with Crippen molar-refractivity contribution in [3.63, 3.8) is 0 Å². The molecule has 2 heterocycles. The molecule has 1 aliphatic heterocycles. The second-order valence-electron chi connectivity index (χ2n) is 9.05. The van der Waals surface area contributed by atoms with E-state index in [1.54, 1.807) is 6.20 Å². The van der Waals surface area contributed by atoms with E-state index >= 15 is 0 Å². The number of benzene rings is 3. The summed E-state index contributed by atoms with van der Waals surface area (Å²) in [4.78, 5) is 17.7. The Morgan fingerprint density at radius 3 is 2.46 bits per heavy atom. The number of hydrogen-bond donors (Lipinski definition) is 3. The minimum atomic E-state index is -0.122. The Balaban J connectivity index is 1.25. The maximum absolute atomic E-state index is 13.4. The number of carbonyl (C=O) groups is 1. The summed E-state index contributed by atoms with van der Waals surface area (Å²) in [5.41, 5.74) is 6.63. The number of carbonyl (C=O) groups excluding carboxylic acids is 1. The van der Waals surface area contributed by atoms with Gasteiger partial charge in [0, 0.05) is 35.4 Å². The molecule has 5 heteroatoms. The van der Waals surface area contributed by atoms with Crippen LogP contribution in [0.5, 0.6) is 0 Å². The van der Waals surface area contributed by atoms with Crippen molar-refractivity contribution in [1.29, 1.82) is 0 Å². The lowest BCUT2D eigenvalue weighted by molar-refractivity contribution is 0.102. The minimum absolute atomic E-state index is 0.105. The fourth-order valence-corrected chi connectivity index (χ4v) is 5.22. The smallest absolute Gasteiger partial charge is 0.257 e. The van der Waals surface area contributed by atoms with Gasteiger partial charge in [-0.15, -0.1) is 0 Å². The number of allylic oxidation sites excluding steroid dienone is 2. The van der Waals surface area contributed by atoms with Gasteiger partial charge in [0.05, 0.1) is 17.3 Å². The molecule has 4 aromatic rings. The summed E-state index contributed by atoms with van der Waals surface area (Å²) >= 11 is 0. The quantitative estimate of drug-likeness (QED) is 0.285. The van der Waals surface area contributed by atoms with Gasteiger partial charge in [0.1, 0.15) is 0 Å². The summed E-state index contributed by atoms with van der Waals surface area (Å²) in [7, 11) is 0. The number of pyridine rings is 1. The number of aromatic nitrogens is 1. The Morgan fingerprint density at radius 2 is 1.66 bits per heavy atom. The van der Waals surface area contributed by atoms with Crippen molar-refractivity contribution in [1.82, 2.24) is 4.98 Å². The van der Waals surface area contributed by atoms with E-state index in [-0.39, 0.29) is 17.9 Å². The van der Waals surface area contributed by atoms with E-state index < -0.39 is 0 Å². The van der Waals surface area contributed by atoms with Crippen molar-refractivity contribution >= 4 is 28.7 Å². The van der Waals surface area contributed by atoms with Gasteiger partial charge in [-0.1, -0.05) is 48.6 Å². The SMILES string of the molecule is O=C(Nc1ccc(Nc2ccccc2)cc1)c1cccc2c1NC(c1cccnc1)C1CC=CC21. The minimum Gasteiger partial charge on any atom is -0.377 e. The van der Waals surface area contributed by atoms with Crippen LogP contribution < -0.4 is 16.0 Å². The van der Waals surface area contributed by atoms with Crippen LogP contribution in [0.15, 0.2) is 109 Å². The molecule has 3 unspecified atom stereocenters. The first-order valence-electron chi connectivity index (χ1n) is 12.0. The van der Waals surface area contributed by atoms with Crippen LogP contribution in [-0.2, 0) is 0 Å². The first-order chi connectivity index (χ1) is 17.3. The molecule has 1 aromatic heterocycles. The summed E-state index contributed by atoms with van der Waals surface area (Å²) < 4.78 is 0. The van der Waals surface area contributed by atoms with Gasteiger partial charge < -0.3 is 16.0 Å². The molecule has 0 saturated carbocycles. The topological polar surface area (TPSA) is 66.1 Å². The summed E-state index contributed by atoms with van der Waals surface area (Å²) in [6.07, 6.45) is 9.27. The molecule has 35 heavy (non-hydrogen) atoms. The number of nitrogens with one attached hydrogen (secondary N) is 3. The predicted octanol–water partition coefficient (Wildman–Crippen LogP) is 6.90. The monoisotopic (exact) mass is 458 g/mol. The molecule has 0 fully saturated rings. The van der Waals surface area contributed by atoms with Gasteiger partial charge in [0.2, 0.25) is 0 Å². The highest BCUT2D eigenvalue weighted by atomic mass is 16.1. The summed E-state index contributed by atoms with van der Waals surface area (Å²) in [6, 6.07) is 28.0. The molecule has 3 aromatic carbocycles. The van der Waals surface area contributed by atoms with Crippen LogP contribution in [0.25, 0.3) is 0 Å². The van der Waals surface area contributed by atoms with Crippen molar-refractivity contribution < 1.29 is 4.79 Å². The van der Waals surface area contributed by atoms with E-state index in [4.69, 9.17) is 0 Å². The highest BCUT2D eigenvalue weighted by Gasteiger charge is 2.39. The average Bonchev–Trinajstić information content (AvgIpc) is 3.40. The highest BCUT2D eigenvalue weighted by molar-refractivity contribution is 6.08. The molecule has 3 atom stereocenters. The van der Waals surface area contributed by atoms with E-state index in [1.165, 1.54) is 5.56 Å². The summed E-state index contributed by atoms with van der Waals surface area (Å²) in [6.45, 7) is 0. The standard InChI is InChI=1S/C30H26N4O/c35-30(33-23-16-14-22(15-17-23)32-21-8-2-1-3-9-21)27-13-5-12-26-24-10-4-11-25(24)28(34-29(26)27)20-7-6-18-31-19-20/h1-10,12-19,24-25,28,32,34H,11H2,(H,33,35). The van der Waals surface area contributed by atoms with E-state index in [9.17, 15) is 4.79 Å². The predicted molar refractivity (Wildman–Crippen MR) is 141 cm³/mol. The first kappa shape index (κ1) is 21.2. The van der Waals surface area contributed by atoms with Crippen LogP contribution in [0, 0.1) is 5.92 Å². The molecule has 0 saturated heterocycles. The number of rotatable bonds is 5. The van der Waals surface area contributed by atoms with Gasteiger partial charge in [0.15, 0.2) is 0 Å². The Morgan fingerprint density at radius 1 is 0.857 bits per heavy atom. The van der Waals surface area contributed by atoms with Crippen LogP contribution in [-0.4, -0.2) is 10.9 Å². The third-order valence-electron chi connectivity index (χ3n) is 6.89. The van der Waals surface area contributed by atoms with E-state index in [2.05, 4.69) is 45.2 Å². The molecule has 6 rings (SSSR count). The Hall–Kier alpha value is -4.38. The van der Waals surface area contributed by atoms with Crippen LogP contribution in [0.4, 0.5) is 22.7 Å². The molecule has 0 radical (unpaired) electrons. The third kappa shape index (κ3) is 4.17. The molecular formula is C30H26N4O. The van der Waals surface area contributed by atoms with E-state index in [1.807, 2.05) is 79.0 Å². The molecule has 172 valence electrons. The fourth-order valence-electron chi connectivity index (χ4n) is 5.22. The third-order valence-corrected chi connectivity index (χ3v) is 6.89. The van der Waals surface area contributed by atoms with Crippen molar-refractivity contribution in [3.8, 4) is 0 Å². The maximum Gasteiger partial charge on any atom is 0.257 e. The van der Waals surface area contributed by atoms with Crippen molar-refractivity contribution in [3.05, 3.63) is 126 Å². The van der Waals surface area contributed by atoms with Gasteiger partial charge >= 0.3 is 0 Å². The number of nitrogens with zero attached hydrogens (tertiary/aromatic N) is 1. The second kappa shape index (κ2) is 9.11. The summed E-state index contributed by atoms with van der Waals surface area (Å²) in [5.74, 6) is 0.575. The van der Waals surface area contributed by atoms with E-state index in [0.29, 0.717) is 11.5 Å². The van der Waals surface area contributed by atoms with Gasteiger partial charge in [0.25, 0.3) is 5.91 Å². The summed E-state index contributed by atoms with van der Waals surface area (Å²) in [5, 5.41) is 10.1. The fraction of sp³-hybridized carbons (Fsp3) is 0.133. The molecule has 0 spiro atoms. The number of fused-ring (bicyclic) bond motifs is 3. The molecule has 0 bridgehead atoms. The average molecular weight is 459 g/mol. The number of amides is 1. The first-order valence-corrected chi connectivity index (χ1v) is 12.0. The molecular weight excluding hydrogens is 432 g/mol. The lowest BCUT2D eigenvalue weighted by atomic mass is 9.76. The normalized spacial score (nSPS) is 19.8. The van der Waals surface area contributed by atoms with Gasteiger partial charge in [-0.05, 0) is 72.0 Å². The van der Waals surface area contributed by atoms with Crippen LogP contribution >= 0.6 is 0 Å². The Kier molecular flexibility index (Phi) is 5.51. The van der Waals surface area contributed by atoms with Crippen LogP contribution in [0.1, 0.15) is 39.9 Å². The van der Waals surface area contributed by atoms with Gasteiger partial charge in [-0.3, -0.25) is 9.78 Å². The molecule has 3 N–H and O–H groups in total. The van der Waals surface area contributed by atoms with Crippen LogP contribution in [0.3, 0.4) is 0 Å². The molecule has 5 nitrogen and oxygen atoms in total. The zero-order valence-electron chi connectivity index (χ0n) is 19.2. The molecule has 2 aliphatic rings. The second-order valence-corrected chi connectivity index (χ2v) is 9.05. The van der Waals surface area contributed by atoms with E-state index in [0.717, 1.165) is 34.7 Å². The number of anilines is 4. The zero-order valence-corrected chi connectivity index (χ0v) is 19.2. The zero-order chi connectivity index (χ0) is 23.6. The van der Waals surface area contributed by atoms with Gasteiger partial charge in [-0.25, -0.2) is 0 Å². The lowest BCUT2D eigenvalue weighted by Gasteiger charge is -2.38. The number of hydrogen-bond acceptors (Lipinski definition) is 4. The maximum atomic E-state index is 13.4. The molecule has 1 aliphatic carbocycles. The van der Waals surface area contributed by atoms with Crippen molar-refractivity contribution in [2.45, 2.75) is 18.4 Å². The largest absolute Gasteiger partial charge is 0.377 e. The lowest BCUT2D eigenvalue weighted by Crippen LogP contribution is -2.31. The van der Waals surface area contributed by atoms with Gasteiger partial charge in [-0.2, -0.15) is 0 Å². The van der Waals surface area contributed by atoms with Crippen LogP contribution in [0.2, 0.25) is 0 Å². The van der Waals surface area contributed by atoms with Crippen molar-refractivity contribution in [2.24, 2.45) is 5.92 Å².